The number of carbonyl (C=O) groups excluding carboxylic acids is 1. The van der Waals surface area contributed by atoms with E-state index >= 15 is 0 Å². The quantitative estimate of drug-likeness (QED) is 0.758. The van der Waals surface area contributed by atoms with Crippen LogP contribution in [-0.2, 0) is 14.8 Å². The van der Waals surface area contributed by atoms with Crippen LogP contribution in [0.4, 0.5) is 5.69 Å². The van der Waals surface area contributed by atoms with Crippen LogP contribution in [0.5, 0.6) is 5.75 Å². The van der Waals surface area contributed by atoms with Crippen molar-refractivity contribution in [1.82, 2.24) is 4.31 Å². The highest BCUT2D eigenvalue weighted by Crippen LogP contribution is 2.30. The number of carbonyl (C=O) groups is 1. The summed E-state index contributed by atoms with van der Waals surface area (Å²) in [4.78, 5) is 12.1. The second kappa shape index (κ2) is 8.48. The van der Waals surface area contributed by atoms with Crippen LogP contribution in [-0.4, -0.2) is 38.3 Å². The Morgan fingerprint density at radius 3 is 2.52 bits per heavy atom. The fourth-order valence-electron chi connectivity index (χ4n) is 2.74. The van der Waals surface area contributed by atoms with Crippen molar-refractivity contribution >= 4 is 44.8 Å². The number of nitrogens with one attached hydrogen (secondary N) is 1. The fourth-order valence-corrected chi connectivity index (χ4v) is 4.78. The van der Waals surface area contributed by atoms with Gasteiger partial charge < -0.3 is 10.1 Å². The topological polar surface area (TPSA) is 75.7 Å². The van der Waals surface area contributed by atoms with Gasteiger partial charge in [0.1, 0.15) is 5.75 Å². The predicted octanol–water partition coefficient (Wildman–Crippen LogP) is 3.80. The molecule has 0 bridgehead atoms. The number of benzene rings is 2. The van der Waals surface area contributed by atoms with Crippen LogP contribution in [0.2, 0.25) is 10.0 Å². The van der Waals surface area contributed by atoms with E-state index in [0.717, 1.165) is 12.8 Å². The van der Waals surface area contributed by atoms with Crippen molar-refractivity contribution in [3.8, 4) is 5.75 Å². The molecule has 0 aromatic heterocycles. The van der Waals surface area contributed by atoms with Gasteiger partial charge in [-0.15, -0.1) is 0 Å². The smallest absolute Gasteiger partial charge is 0.262 e. The van der Waals surface area contributed by atoms with Gasteiger partial charge in [0.15, 0.2) is 6.61 Å². The van der Waals surface area contributed by atoms with E-state index in [1.54, 1.807) is 24.3 Å². The van der Waals surface area contributed by atoms with Gasteiger partial charge >= 0.3 is 0 Å². The number of halogens is 2. The molecular weight excluding hydrogens is 411 g/mol. The van der Waals surface area contributed by atoms with Gasteiger partial charge in [-0.25, -0.2) is 8.42 Å². The lowest BCUT2D eigenvalue weighted by Crippen LogP contribution is -2.27. The molecule has 1 saturated heterocycles. The fraction of sp³-hybridized carbons (Fsp3) is 0.278. The third-order valence-corrected chi connectivity index (χ3v) is 6.50. The predicted molar refractivity (Wildman–Crippen MR) is 105 cm³/mol. The number of anilines is 1. The highest BCUT2D eigenvalue weighted by atomic mass is 35.5. The van der Waals surface area contributed by atoms with E-state index in [2.05, 4.69) is 5.32 Å². The van der Waals surface area contributed by atoms with Gasteiger partial charge in [-0.05, 0) is 49.2 Å². The minimum atomic E-state index is -3.55. The summed E-state index contributed by atoms with van der Waals surface area (Å²) in [7, 11) is -3.55. The van der Waals surface area contributed by atoms with Crippen LogP contribution in [0, 0.1) is 0 Å². The first kappa shape index (κ1) is 19.9. The summed E-state index contributed by atoms with van der Waals surface area (Å²) >= 11 is 12.0. The molecule has 144 valence electrons. The van der Waals surface area contributed by atoms with E-state index in [0.29, 0.717) is 23.8 Å². The molecule has 2 aromatic rings. The molecule has 0 spiro atoms. The molecule has 0 radical (unpaired) electrons. The number of hydrogen-bond donors (Lipinski definition) is 1. The van der Waals surface area contributed by atoms with Gasteiger partial charge in [-0.2, -0.15) is 4.31 Å². The Bertz CT molecular complexity index is 944. The number of nitrogens with zero attached hydrogens (tertiary/aromatic N) is 1. The molecule has 3 rings (SSSR count). The summed E-state index contributed by atoms with van der Waals surface area (Å²) in [6.07, 6.45) is 1.71. The Morgan fingerprint density at radius 2 is 1.85 bits per heavy atom. The van der Waals surface area contributed by atoms with Gasteiger partial charge in [0, 0.05) is 23.8 Å². The molecule has 0 saturated carbocycles. The Balaban J connectivity index is 1.63. The zero-order chi connectivity index (χ0) is 19.4. The Kier molecular flexibility index (Phi) is 6.26. The van der Waals surface area contributed by atoms with E-state index in [1.807, 2.05) is 0 Å². The second-order valence-electron chi connectivity index (χ2n) is 6.05. The van der Waals surface area contributed by atoms with Gasteiger partial charge in [0.25, 0.3) is 5.91 Å². The lowest BCUT2D eigenvalue weighted by atomic mass is 10.3. The van der Waals surface area contributed by atoms with E-state index < -0.39 is 10.0 Å². The zero-order valence-electron chi connectivity index (χ0n) is 14.3. The molecule has 0 unspecified atom stereocenters. The van der Waals surface area contributed by atoms with E-state index in [4.69, 9.17) is 27.9 Å². The first-order valence-electron chi connectivity index (χ1n) is 8.34. The summed E-state index contributed by atoms with van der Waals surface area (Å²) in [5.41, 5.74) is 0.550. The van der Waals surface area contributed by atoms with Crippen LogP contribution in [0.1, 0.15) is 12.8 Å². The first-order valence-corrected chi connectivity index (χ1v) is 10.5. The number of hydrogen-bond acceptors (Lipinski definition) is 4. The first-order chi connectivity index (χ1) is 12.9. The normalized spacial score (nSPS) is 14.9. The number of rotatable bonds is 6. The molecule has 6 nitrogen and oxygen atoms in total. The van der Waals surface area contributed by atoms with Crippen molar-refractivity contribution in [3.05, 3.63) is 52.5 Å². The summed E-state index contributed by atoms with van der Waals surface area (Å²) in [6, 6.07) is 11.0. The van der Waals surface area contributed by atoms with E-state index in [-0.39, 0.29) is 28.2 Å². The Morgan fingerprint density at radius 1 is 1.11 bits per heavy atom. The molecule has 1 N–H and O–H groups in total. The van der Waals surface area contributed by atoms with Crippen molar-refractivity contribution in [3.63, 3.8) is 0 Å². The van der Waals surface area contributed by atoms with E-state index in [9.17, 15) is 13.2 Å². The van der Waals surface area contributed by atoms with Gasteiger partial charge in [0.2, 0.25) is 10.0 Å². The lowest BCUT2D eigenvalue weighted by Gasteiger charge is -2.16. The summed E-state index contributed by atoms with van der Waals surface area (Å²) < 4.78 is 31.9. The van der Waals surface area contributed by atoms with Crippen molar-refractivity contribution < 1.29 is 17.9 Å². The van der Waals surface area contributed by atoms with Crippen molar-refractivity contribution in [2.24, 2.45) is 0 Å². The van der Waals surface area contributed by atoms with Crippen LogP contribution in [0.3, 0.4) is 0 Å². The maximum atomic E-state index is 12.5. The monoisotopic (exact) mass is 428 g/mol. The molecule has 2 aromatic carbocycles. The molecule has 1 heterocycles. The number of sulfonamides is 1. The van der Waals surface area contributed by atoms with Crippen molar-refractivity contribution in [1.29, 1.82) is 0 Å². The Labute approximate surface area is 168 Å². The van der Waals surface area contributed by atoms with Crippen molar-refractivity contribution in [2.45, 2.75) is 17.7 Å². The summed E-state index contributed by atoms with van der Waals surface area (Å²) in [6.45, 7) is 0.758. The molecule has 9 heteroatoms. The van der Waals surface area contributed by atoms with Gasteiger partial charge in [0.05, 0.1) is 9.92 Å². The number of amides is 1. The molecule has 1 fully saturated rings. The standard InChI is InChI=1S/C18H18Cl2N2O4S/c19-13-4-3-5-14(10-13)21-18(23)12-26-17-7-6-15(11-16(17)20)27(24,25)22-8-1-2-9-22/h3-7,10-11H,1-2,8-9,12H2,(H,21,23). The van der Waals surface area contributed by atoms with Gasteiger partial charge in [-0.1, -0.05) is 29.3 Å². The maximum absolute atomic E-state index is 12.5. The van der Waals surface area contributed by atoms with E-state index in [1.165, 1.54) is 22.5 Å². The molecule has 1 aliphatic heterocycles. The molecular formula is C18H18Cl2N2O4S. The van der Waals surface area contributed by atoms with Gasteiger partial charge in [-0.3, -0.25) is 4.79 Å². The van der Waals surface area contributed by atoms with Crippen LogP contribution in [0.25, 0.3) is 0 Å². The maximum Gasteiger partial charge on any atom is 0.262 e. The molecule has 27 heavy (non-hydrogen) atoms. The molecule has 0 aliphatic carbocycles. The minimum absolute atomic E-state index is 0.116. The zero-order valence-corrected chi connectivity index (χ0v) is 16.6. The SMILES string of the molecule is O=C(COc1ccc(S(=O)(=O)N2CCCC2)cc1Cl)Nc1cccc(Cl)c1. The average Bonchev–Trinajstić information content (AvgIpc) is 3.16. The van der Waals surface area contributed by atoms with Crippen LogP contribution < -0.4 is 10.1 Å². The average molecular weight is 429 g/mol. The second-order valence-corrected chi connectivity index (χ2v) is 8.83. The Hall–Kier alpha value is -1.80. The summed E-state index contributed by atoms with van der Waals surface area (Å²) in [5, 5.41) is 3.29. The third-order valence-electron chi connectivity index (χ3n) is 4.07. The third kappa shape index (κ3) is 4.93. The molecule has 1 aliphatic rings. The molecule has 0 atom stereocenters. The van der Waals surface area contributed by atoms with Crippen LogP contribution >= 0.6 is 23.2 Å². The highest BCUT2D eigenvalue weighted by Gasteiger charge is 2.27. The lowest BCUT2D eigenvalue weighted by molar-refractivity contribution is -0.118. The van der Waals surface area contributed by atoms with Crippen molar-refractivity contribution in [2.75, 3.05) is 25.0 Å². The van der Waals surface area contributed by atoms with Crippen LogP contribution in [0.15, 0.2) is 47.4 Å². The number of ether oxygens (including phenoxy) is 1. The summed E-state index contributed by atoms with van der Waals surface area (Å²) in [5.74, 6) is -0.152. The highest BCUT2D eigenvalue weighted by molar-refractivity contribution is 7.89. The molecule has 1 amide bonds. The largest absolute Gasteiger partial charge is 0.482 e. The minimum Gasteiger partial charge on any atom is -0.482 e.